The van der Waals surface area contributed by atoms with Gasteiger partial charge < -0.3 is 9.67 Å². The SMILES string of the molecule is Cc1cccc(/C=C/C(=O)c2c(O)cc(C)n(C)c2=O)c1. The molecule has 1 aromatic heterocycles. The van der Waals surface area contributed by atoms with Crippen LogP contribution in [0.15, 0.2) is 41.2 Å². The summed E-state index contributed by atoms with van der Waals surface area (Å²) in [6.45, 7) is 3.65. The number of ketones is 1. The molecule has 0 aliphatic heterocycles. The van der Waals surface area contributed by atoms with Crippen molar-refractivity contribution in [1.82, 2.24) is 4.57 Å². The Morgan fingerprint density at radius 1 is 1.24 bits per heavy atom. The lowest BCUT2D eigenvalue weighted by Gasteiger charge is -2.07. The molecule has 0 bridgehead atoms. The molecule has 2 rings (SSSR count). The van der Waals surface area contributed by atoms with Crippen LogP contribution in [0.2, 0.25) is 0 Å². The summed E-state index contributed by atoms with van der Waals surface area (Å²) in [5.74, 6) is -0.788. The van der Waals surface area contributed by atoms with Crippen molar-refractivity contribution in [3.8, 4) is 5.75 Å². The first-order valence-corrected chi connectivity index (χ1v) is 6.59. The van der Waals surface area contributed by atoms with Gasteiger partial charge in [-0.2, -0.15) is 0 Å². The third-order valence-electron chi connectivity index (χ3n) is 3.36. The molecule has 0 saturated carbocycles. The van der Waals surface area contributed by atoms with Crippen LogP contribution in [-0.2, 0) is 7.05 Å². The molecule has 2 aromatic rings. The lowest BCUT2D eigenvalue weighted by atomic mass is 10.1. The van der Waals surface area contributed by atoms with Gasteiger partial charge in [0.1, 0.15) is 11.3 Å². The summed E-state index contributed by atoms with van der Waals surface area (Å²) in [6, 6.07) is 9.05. The maximum Gasteiger partial charge on any atom is 0.265 e. The van der Waals surface area contributed by atoms with Crippen molar-refractivity contribution in [3.63, 3.8) is 0 Å². The number of pyridine rings is 1. The molecule has 1 heterocycles. The summed E-state index contributed by atoms with van der Waals surface area (Å²) in [4.78, 5) is 24.2. The van der Waals surface area contributed by atoms with E-state index in [0.29, 0.717) is 5.69 Å². The molecular formula is C17H17NO3. The summed E-state index contributed by atoms with van der Waals surface area (Å²) < 4.78 is 1.34. The average Bonchev–Trinajstić information content (AvgIpc) is 2.43. The van der Waals surface area contributed by atoms with Gasteiger partial charge in [-0.1, -0.05) is 35.9 Å². The van der Waals surface area contributed by atoms with Crippen LogP contribution in [0.3, 0.4) is 0 Å². The van der Waals surface area contributed by atoms with Crippen molar-refractivity contribution < 1.29 is 9.90 Å². The number of carbonyl (C=O) groups is 1. The Bertz CT molecular complexity index is 785. The predicted molar refractivity (Wildman–Crippen MR) is 82.6 cm³/mol. The third kappa shape index (κ3) is 3.11. The van der Waals surface area contributed by atoms with Crippen molar-refractivity contribution >= 4 is 11.9 Å². The second-order valence-electron chi connectivity index (χ2n) is 5.02. The van der Waals surface area contributed by atoms with Gasteiger partial charge in [0.15, 0.2) is 5.78 Å². The largest absolute Gasteiger partial charge is 0.507 e. The first-order valence-electron chi connectivity index (χ1n) is 6.59. The van der Waals surface area contributed by atoms with E-state index in [0.717, 1.165) is 11.1 Å². The Kier molecular flexibility index (Phi) is 4.08. The highest BCUT2D eigenvalue weighted by Gasteiger charge is 2.16. The number of aryl methyl sites for hydroxylation is 2. The molecule has 4 nitrogen and oxygen atoms in total. The Hall–Kier alpha value is -2.62. The van der Waals surface area contributed by atoms with E-state index in [-0.39, 0.29) is 11.3 Å². The van der Waals surface area contributed by atoms with Crippen LogP contribution in [0.25, 0.3) is 6.08 Å². The molecule has 0 aliphatic rings. The van der Waals surface area contributed by atoms with Crippen LogP contribution in [0.1, 0.15) is 27.2 Å². The van der Waals surface area contributed by atoms with E-state index in [1.54, 1.807) is 20.0 Å². The minimum atomic E-state index is -0.505. The van der Waals surface area contributed by atoms with Gasteiger partial charge in [0.2, 0.25) is 0 Å². The highest BCUT2D eigenvalue weighted by molar-refractivity contribution is 6.08. The van der Waals surface area contributed by atoms with Crippen molar-refractivity contribution in [2.24, 2.45) is 7.05 Å². The first kappa shape index (κ1) is 14.8. The lowest BCUT2D eigenvalue weighted by Crippen LogP contribution is -2.25. The monoisotopic (exact) mass is 283 g/mol. The normalized spacial score (nSPS) is 11.0. The molecule has 0 atom stereocenters. The summed E-state index contributed by atoms with van der Waals surface area (Å²) in [5.41, 5.74) is 1.85. The van der Waals surface area contributed by atoms with Crippen LogP contribution in [0.4, 0.5) is 0 Å². The third-order valence-corrected chi connectivity index (χ3v) is 3.36. The molecule has 0 spiro atoms. The van der Waals surface area contributed by atoms with Gasteiger partial charge in [0.05, 0.1) is 0 Å². The van der Waals surface area contributed by atoms with E-state index >= 15 is 0 Å². The van der Waals surface area contributed by atoms with Crippen LogP contribution in [0, 0.1) is 13.8 Å². The zero-order valence-corrected chi connectivity index (χ0v) is 12.3. The molecule has 0 amide bonds. The van der Waals surface area contributed by atoms with Crippen molar-refractivity contribution in [1.29, 1.82) is 0 Å². The van der Waals surface area contributed by atoms with Crippen molar-refractivity contribution in [3.05, 3.63) is 69.1 Å². The molecule has 0 saturated heterocycles. The maximum atomic E-state index is 12.1. The van der Waals surface area contributed by atoms with E-state index < -0.39 is 11.3 Å². The number of aromatic nitrogens is 1. The summed E-state index contributed by atoms with van der Waals surface area (Å²) in [6.07, 6.45) is 2.94. The summed E-state index contributed by atoms with van der Waals surface area (Å²) in [7, 11) is 1.57. The van der Waals surface area contributed by atoms with Crippen molar-refractivity contribution in [2.75, 3.05) is 0 Å². The van der Waals surface area contributed by atoms with Gasteiger partial charge in [-0.05, 0) is 25.5 Å². The Labute approximate surface area is 123 Å². The van der Waals surface area contributed by atoms with Gasteiger partial charge in [-0.25, -0.2) is 0 Å². The van der Waals surface area contributed by atoms with Crippen LogP contribution < -0.4 is 5.56 Å². The topological polar surface area (TPSA) is 59.3 Å². The molecule has 0 aliphatic carbocycles. The zero-order valence-electron chi connectivity index (χ0n) is 12.3. The van der Waals surface area contributed by atoms with E-state index in [9.17, 15) is 14.7 Å². The second kappa shape index (κ2) is 5.79. The van der Waals surface area contributed by atoms with Gasteiger partial charge in [-0.3, -0.25) is 9.59 Å². The van der Waals surface area contributed by atoms with E-state index in [1.165, 1.54) is 16.7 Å². The Morgan fingerprint density at radius 3 is 2.62 bits per heavy atom. The number of hydrogen-bond acceptors (Lipinski definition) is 3. The number of nitrogens with zero attached hydrogens (tertiary/aromatic N) is 1. The number of allylic oxidation sites excluding steroid dienone is 1. The highest BCUT2D eigenvalue weighted by Crippen LogP contribution is 2.16. The van der Waals surface area contributed by atoms with Gasteiger partial charge in [0.25, 0.3) is 5.56 Å². The fourth-order valence-electron chi connectivity index (χ4n) is 2.06. The van der Waals surface area contributed by atoms with E-state index in [2.05, 4.69) is 0 Å². The molecule has 21 heavy (non-hydrogen) atoms. The summed E-state index contributed by atoms with van der Waals surface area (Å²) >= 11 is 0. The second-order valence-corrected chi connectivity index (χ2v) is 5.02. The molecule has 1 aromatic carbocycles. The van der Waals surface area contributed by atoms with E-state index in [1.807, 2.05) is 31.2 Å². The van der Waals surface area contributed by atoms with Gasteiger partial charge >= 0.3 is 0 Å². The molecular weight excluding hydrogens is 266 g/mol. The predicted octanol–water partition coefficient (Wildman–Crippen LogP) is 2.60. The fourth-order valence-corrected chi connectivity index (χ4v) is 2.06. The smallest absolute Gasteiger partial charge is 0.265 e. The van der Waals surface area contributed by atoms with E-state index in [4.69, 9.17) is 0 Å². The lowest BCUT2D eigenvalue weighted by molar-refractivity contribution is 0.104. The quantitative estimate of drug-likeness (QED) is 0.696. The van der Waals surface area contributed by atoms with Gasteiger partial charge in [0, 0.05) is 18.8 Å². The molecule has 4 heteroatoms. The molecule has 0 fully saturated rings. The number of carbonyl (C=O) groups excluding carboxylic acids is 1. The van der Waals surface area contributed by atoms with Gasteiger partial charge in [-0.15, -0.1) is 0 Å². The van der Waals surface area contributed by atoms with Crippen LogP contribution >= 0.6 is 0 Å². The minimum absolute atomic E-state index is 0.202. The Morgan fingerprint density at radius 2 is 1.95 bits per heavy atom. The standard InChI is InChI=1S/C17H17NO3/c1-11-5-4-6-13(9-11)7-8-14(19)16-15(20)10-12(2)18(3)17(16)21/h4-10,20H,1-3H3/b8-7+. The minimum Gasteiger partial charge on any atom is -0.507 e. The molecule has 1 N–H and O–H groups in total. The first-order chi connectivity index (χ1) is 9.90. The summed E-state index contributed by atoms with van der Waals surface area (Å²) in [5, 5.41) is 9.84. The molecule has 0 radical (unpaired) electrons. The van der Waals surface area contributed by atoms with Crippen molar-refractivity contribution in [2.45, 2.75) is 13.8 Å². The Balaban J connectivity index is 2.38. The van der Waals surface area contributed by atoms with Crippen LogP contribution in [0.5, 0.6) is 5.75 Å². The number of rotatable bonds is 3. The highest BCUT2D eigenvalue weighted by atomic mass is 16.3. The zero-order chi connectivity index (χ0) is 15.6. The molecule has 0 unspecified atom stereocenters. The van der Waals surface area contributed by atoms with Crippen LogP contribution in [-0.4, -0.2) is 15.5 Å². The number of hydrogen-bond donors (Lipinski definition) is 1. The fraction of sp³-hybridized carbons (Fsp3) is 0.176. The maximum absolute atomic E-state index is 12.1. The average molecular weight is 283 g/mol. The molecule has 108 valence electrons. The number of benzene rings is 1. The number of aromatic hydroxyl groups is 1.